The predicted molar refractivity (Wildman–Crippen MR) is 76.8 cm³/mol. The Labute approximate surface area is 116 Å². The van der Waals surface area contributed by atoms with Gasteiger partial charge in [-0.3, -0.25) is 4.99 Å². The van der Waals surface area contributed by atoms with Crippen LogP contribution in [0.1, 0.15) is 17.4 Å². The average molecular weight is 275 g/mol. The molecule has 0 unspecified atom stereocenters. The van der Waals surface area contributed by atoms with E-state index < -0.39 is 5.97 Å². The zero-order valence-corrected chi connectivity index (χ0v) is 11.5. The molecular formula is C14H17N3O3. The van der Waals surface area contributed by atoms with Gasteiger partial charge in [-0.25, -0.2) is 4.79 Å². The lowest BCUT2D eigenvalue weighted by atomic mass is 10.4. The molecule has 0 spiro atoms. The van der Waals surface area contributed by atoms with Crippen molar-refractivity contribution in [2.24, 2.45) is 4.99 Å². The van der Waals surface area contributed by atoms with Gasteiger partial charge in [0.25, 0.3) is 0 Å². The fourth-order valence-electron chi connectivity index (χ4n) is 1.79. The number of aromatic nitrogens is 1. The topological polar surface area (TPSA) is 70.8 Å². The van der Waals surface area contributed by atoms with Crippen molar-refractivity contribution in [1.29, 1.82) is 0 Å². The van der Waals surface area contributed by atoms with E-state index in [2.05, 4.69) is 16.6 Å². The van der Waals surface area contributed by atoms with Crippen LogP contribution in [0, 0.1) is 0 Å². The van der Waals surface area contributed by atoms with Crippen LogP contribution in [0.15, 0.2) is 40.6 Å². The molecule has 0 saturated heterocycles. The van der Waals surface area contributed by atoms with E-state index in [-0.39, 0.29) is 6.61 Å². The number of nitrogens with one attached hydrogen (secondary N) is 1. The molecule has 6 heteroatoms. The van der Waals surface area contributed by atoms with Gasteiger partial charge in [0, 0.05) is 19.2 Å². The Morgan fingerprint density at radius 1 is 1.65 bits per heavy atom. The molecule has 6 nitrogen and oxygen atoms in total. The van der Waals surface area contributed by atoms with Crippen LogP contribution in [0.3, 0.4) is 0 Å². The van der Waals surface area contributed by atoms with Gasteiger partial charge >= 0.3 is 5.97 Å². The lowest BCUT2D eigenvalue weighted by Crippen LogP contribution is -2.27. The molecule has 0 aliphatic heterocycles. The van der Waals surface area contributed by atoms with Crippen LogP contribution >= 0.6 is 0 Å². The summed E-state index contributed by atoms with van der Waals surface area (Å²) in [6, 6.07) is 3.38. The molecule has 2 aromatic heterocycles. The molecule has 0 atom stereocenters. The van der Waals surface area contributed by atoms with Crippen molar-refractivity contribution in [3.05, 3.63) is 36.9 Å². The third-order valence-corrected chi connectivity index (χ3v) is 2.98. The minimum Gasteiger partial charge on any atom is -0.463 e. The first-order valence-electron chi connectivity index (χ1n) is 6.21. The minimum atomic E-state index is -0.411. The number of hydrogen-bond acceptors (Lipinski definition) is 4. The van der Waals surface area contributed by atoms with Gasteiger partial charge < -0.3 is 19.0 Å². The van der Waals surface area contributed by atoms with Gasteiger partial charge in [0.1, 0.15) is 12.3 Å². The van der Waals surface area contributed by atoms with Crippen LogP contribution in [0.25, 0.3) is 11.1 Å². The van der Waals surface area contributed by atoms with Crippen LogP contribution < -0.4 is 0 Å². The van der Waals surface area contributed by atoms with Gasteiger partial charge in [-0.05, 0) is 13.1 Å². The molecule has 2 rings (SSSR count). The zero-order valence-electron chi connectivity index (χ0n) is 11.5. The second kappa shape index (κ2) is 6.10. The third-order valence-electron chi connectivity index (χ3n) is 2.98. The van der Waals surface area contributed by atoms with Crippen LogP contribution in [0.4, 0.5) is 0 Å². The molecule has 20 heavy (non-hydrogen) atoms. The predicted octanol–water partition coefficient (Wildman–Crippen LogP) is 2.41. The highest BCUT2D eigenvalue weighted by molar-refractivity contribution is 5.93. The quantitative estimate of drug-likeness (QED) is 0.517. The monoisotopic (exact) mass is 275 g/mol. The Hall–Kier alpha value is -2.50. The smallest absolute Gasteiger partial charge is 0.354 e. The average Bonchev–Trinajstić information content (AvgIpc) is 3.03. The normalized spacial score (nSPS) is 11.6. The van der Waals surface area contributed by atoms with Crippen molar-refractivity contribution in [2.75, 3.05) is 20.2 Å². The summed E-state index contributed by atoms with van der Waals surface area (Å²) in [7, 11) is 1.70. The van der Waals surface area contributed by atoms with Gasteiger partial charge in [-0.15, -0.1) is 0 Å². The largest absolute Gasteiger partial charge is 0.463 e. The van der Waals surface area contributed by atoms with E-state index >= 15 is 0 Å². The van der Waals surface area contributed by atoms with Gasteiger partial charge in [0.05, 0.1) is 24.2 Å². The zero-order chi connectivity index (χ0) is 14.5. The third kappa shape index (κ3) is 2.90. The Morgan fingerprint density at radius 3 is 3.10 bits per heavy atom. The number of rotatable bonds is 5. The van der Waals surface area contributed by atoms with E-state index in [1.54, 1.807) is 31.6 Å². The molecule has 1 N–H and O–H groups in total. The number of hydrogen-bond donors (Lipinski definition) is 1. The summed E-state index contributed by atoms with van der Waals surface area (Å²) in [5.41, 5.74) is 1.79. The number of carbonyl (C=O) groups excluding carboxylic acids is 1. The Morgan fingerprint density at radius 2 is 2.45 bits per heavy atom. The molecule has 0 aliphatic carbocycles. The number of ether oxygens (including phenoxy) is 1. The van der Waals surface area contributed by atoms with E-state index in [9.17, 15) is 4.79 Å². The summed E-state index contributed by atoms with van der Waals surface area (Å²) >= 11 is 0. The molecule has 0 saturated carbocycles. The molecule has 0 radical (unpaired) electrons. The number of fused-ring (bicyclic) bond motifs is 1. The number of nitrogens with zero attached hydrogens (tertiary/aromatic N) is 2. The fraction of sp³-hybridized carbons (Fsp3) is 0.286. The minimum absolute atomic E-state index is 0.248. The summed E-state index contributed by atoms with van der Waals surface area (Å²) in [5, 5.41) is 0. The number of aliphatic imine (C=N–C) groups is 1. The summed E-state index contributed by atoms with van der Waals surface area (Å²) < 4.78 is 10.4. The lowest BCUT2D eigenvalue weighted by Gasteiger charge is -2.18. The van der Waals surface area contributed by atoms with E-state index in [1.165, 1.54) is 0 Å². The van der Waals surface area contributed by atoms with Crippen molar-refractivity contribution in [2.45, 2.75) is 6.92 Å². The SMILES string of the molecule is C=CN(CCOC(=O)c1cc2occc2[nH]1)C(C)=NC. The Kier molecular flexibility index (Phi) is 4.24. The van der Waals surface area contributed by atoms with Gasteiger partial charge in [-0.1, -0.05) is 6.58 Å². The summed E-state index contributed by atoms with van der Waals surface area (Å²) in [6.45, 7) is 6.31. The van der Waals surface area contributed by atoms with Crippen molar-refractivity contribution in [3.8, 4) is 0 Å². The molecular weight excluding hydrogens is 258 g/mol. The highest BCUT2D eigenvalue weighted by Crippen LogP contribution is 2.16. The van der Waals surface area contributed by atoms with Crippen LogP contribution in [-0.2, 0) is 4.74 Å². The maximum atomic E-state index is 11.9. The summed E-state index contributed by atoms with van der Waals surface area (Å²) in [6.07, 6.45) is 3.21. The number of carbonyl (C=O) groups is 1. The number of H-pyrrole nitrogens is 1. The second-order valence-corrected chi connectivity index (χ2v) is 4.16. The molecule has 2 aromatic rings. The molecule has 2 heterocycles. The number of esters is 1. The number of amidine groups is 1. The number of aromatic amines is 1. The molecule has 0 aromatic carbocycles. The van der Waals surface area contributed by atoms with E-state index in [1.807, 2.05) is 11.8 Å². The first-order chi connectivity index (χ1) is 9.65. The van der Waals surface area contributed by atoms with Gasteiger partial charge in [0.15, 0.2) is 5.58 Å². The summed E-state index contributed by atoms with van der Waals surface area (Å²) in [5.74, 6) is 0.403. The molecule has 0 aliphatic rings. The first kappa shape index (κ1) is 13.9. The lowest BCUT2D eigenvalue weighted by molar-refractivity contribution is 0.0489. The van der Waals surface area contributed by atoms with Crippen LogP contribution in [-0.4, -0.2) is 41.9 Å². The molecule has 0 bridgehead atoms. The van der Waals surface area contributed by atoms with Crippen molar-refractivity contribution in [3.63, 3.8) is 0 Å². The Balaban J connectivity index is 1.89. The van der Waals surface area contributed by atoms with Crippen LogP contribution in [0.2, 0.25) is 0 Å². The second-order valence-electron chi connectivity index (χ2n) is 4.16. The Bertz CT molecular complexity index is 610. The van der Waals surface area contributed by atoms with Crippen LogP contribution in [0.5, 0.6) is 0 Å². The fourth-order valence-corrected chi connectivity index (χ4v) is 1.79. The van der Waals surface area contributed by atoms with Gasteiger partial charge in [0.2, 0.25) is 0 Å². The van der Waals surface area contributed by atoms with E-state index in [0.717, 1.165) is 11.4 Å². The van der Waals surface area contributed by atoms with Crippen molar-refractivity contribution in [1.82, 2.24) is 9.88 Å². The molecule has 0 amide bonds. The van der Waals surface area contributed by atoms with E-state index in [4.69, 9.17) is 9.15 Å². The van der Waals surface area contributed by atoms with Crippen molar-refractivity contribution >= 4 is 22.9 Å². The maximum absolute atomic E-state index is 11.9. The standard InChI is InChI=1S/C14H17N3O3/c1-4-17(10(2)15-3)6-8-20-14(18)12-9-13-11(16-12)5-7-19-13/h4-5,7,9,16H,1,6,8H2,2-3H3. The highest BCUT2D eigenvalue weighted by atomic mass is 16.5. The molecule has 0 fully saturated rings. The molecule has 106 valence electrons. The van der Waals surface area contributed by atoms with Crippen molar-refractivity contribution < 1.29 is 13.9 Å². The number of furan rings is 1. The van der Waals surface area contributed by atoms with Gasteiger partial charge in [-0.2, -0.15) is 0 Å². The maximum Gasteiger partial charge on any atom is 0.354 e. The first-order valence-corrected chi connectivity index (χ1v) is 6.21. The summed E-state index contributed by atoms with van der Waals surface area (Å²) in [4.78, 5) is 20.7. The van der Waals surface area contributed by atoms with E-state index in [0.29, 0.717) is 17.8 Å². The highest BCUT2D eigenvalue weighted by Gasteiger charge is 2.13.